The van der Waals surface area contributed by atoms with Gasteiger partial charge in [0.15, 0.2) is 0 Å². The monoisotopic (exact) mass is 284 g/mol. The lowest BCUT2D eigenvalue weighted by molar-refractivity contribution is -0.114. The van der Waals surface area contributed by atoms with Gasteiger partial charge in [0, 0.05) is 18.7 Å². The van der Waals surface area contributed by atoms with E-state index in [2.05, 4.69) is 15.6 Å². The minimum absolute atomic E-state index is 0.214. The van der Waals surface area contributed by atoms with Gasteiger partial charge in [-0.05, 0) is 30.3 Å². The molecule has 0 aliphatic heterocycles. The van der Waals surface area contributed by atoms with Crippen molar-refractivity contribution in [1.29, 1.82) is 0 Å². The van der Waals surface area contributed by atoms with Gasteiger partial charge in [0.25, 0.3) is 5.91 Å². The predicted molar refractivity (Wildman–Crippen MR) is 80.6 cm³/mol. The van der Waals surface area contributed by atoms with Gasteiger partial charge in [0.05, 0.1) is 23.6 Å². The largest absolute Gasteiger partial charge is 0.397 e. The molecular weight excluding hydrogens is 268 g/mol. The molecule has 0 spiro atoms. The van der Waals surface area contributed by atoms with Crippen LogP contribution in [0.1, 0.15) is 23.0 Å². The van der Waals surface area contributed by atoms with E-state index in [4.69, 9.17) is 5.73 Å². The molecule has 6 heteroatoms. The standard InChI is InChI=1S/C15H16N4O2/c1-10(20)19-14-6-5-11(8-13(14)16)15(21)18-9-12-4-2-3-7-17-12/h2-8H,9,16H2,1H3,(H,18,21)(H,19,20). The van der Waals surface area contributed by atoms with Gasteiger partial charge in [-0.1, -0.05) is 6.07 Å². The van der Waals surface area contributed by atoms with Crippen molar-refractivity contribution in [3.8, 4) is 0 Å². The number of nitrogens with one attached hydrogen (secondary N) is 2. The molecule has 0 radical (unpaired) electrons. The number of nitrogens with zero attached hydrogens (tertiary/aromatic N) is 1. The summed E-state index contributed by atoms with van der Waals surface area (Å²) in [5.74, 6) is -0.462. The third-order valence-corrected chi connectivity index (χ3v) is 2.78. The zero-order chi connectivity index (χ0) is 15.2. The van der Waals surface area contributed by atoms with E-state index in [1.807, 2.05) is 18.2 Å². The van der Waals surface area contributed by atoms with E-state index in [0.717, 1.165) is 5.69 Å². The maximum absolute atomic E-state index is 12.0. The van der Waals surface area contributed by atoms with Crippen LogP contribution in [-0.4, -0.2) is 16.8 Å². The molecule has 0 saturated carbocycles. The number of nitrogen functional groups attached to an aromatic ring is 1. The Bertz CT molecular complexity index is 656. The Hall–Kier alpha value is -2.89. The van der Waals surface area contributed by atoms with E-state index in [0.29, 0.717) is 23.5 Å². The topological polar surface area (TPSA) is 97.1 Å². The predicted octanol–water partition coefficient (Wildman–Crippen LogP) is 1.55. The summed E-state index contributed by atoms with van der Waals surface area (Å²) in [5.41, 5.74) is 7.84. The SMILES string of the molecule is CC(=O)Nc1ccc(C(=O)NCc2ccccn2)cc1N. The highest BCUT2D eigenvalue weighted by atomic mass is 16.2. The molecule has 1 aromatic heterocycles. The second-order valence-electron chi connectivity index (χ2n) is 4.49. The number of anilines is 2. The molecule has 1 heterocycles. The molecule has 4 N–H and O–H groups in total. The summed E-state index contributed by atoms with van der Waals surface area (Å²) in [4.78, 5) is 27.1. The van der Waals surface area contributed by atoms with Gasteiger partial charge in [-0.25, -0.2) is 0 Å². The summed E-state index contributed by atoms with van der Waals surface area (Å²) in [7, 11) is 0. The van der Waals surface area contributed by atoms with Crippen LogP contribution < -0.4 is 16.4 Å². The number of benzene rings is 1. The van der Waals surface area contributed by atoms with E-state index < -0.39 is 0 Å². The fraction of sp³-hybridized carbons (Fsp3) is 0.133. The number of hydrogen-bond donors (Lipinski definition) is 3. The first-order chi connectivity index (χ1) is 10.1. The van der Waals surface area contributed by atoms with E-state index in [1.165, 1.54) is 13.0 Å². The molecule has 0 aliphatic rings. The second-order valence-corrected chi connectivity index (χ2v) is 4.49. The quantitative estimate of drug-likeness (QED) is 0.742. The van der Waals surface area contributed by atoms with Crippen molar-refractivity contribution in [3.05, 3.63) is 53.9 Å². The summed E-state index contributed by atoms with van der Waals surface area (Å²) in [6.45, 7) is 1.74. The van der Waals surface area contributed by atoms with E-state index in [-0.39, 0.29) is 11.8 Å². The highest BCUT2D eigenvalue weighted by Gasteiger charge is 2.09. The van der Waals surface area contributed by atoms with Crippen LogP contribution >= 0.6 is 0 Å². The molecule has 2 aromatic rings. The number of carbonyl (C=O) groups excluding carboxylic acids is 2. The third kappa shape index (κ3) is 4.04. The van der Waals surface area contributed by atoms with Crippen LogP contribution in [0.4, 0.5) is 11.4 Å². The number of amides is 2. The molecule has 2 rings (SSSR count). The molecule has 0 bridgehead atoms. The van der Waals surface area contributed by atoms with Gasteiger partial charge >= 0.3 is 0 Å². The number of carbonyl (C=O) groups is 2. The summed E-state index contributed by atoms with van der Waals surface area (Å²) < 4.78 is 0. The summed E-state index contributed by atoms with van der Waals surface area (Å²) in [6.07, 6.45) is 1.67. The molecule has 0 saturated heterocycles. The molecule has 6 nitrogen and oxygen atoms in total. The second kappa shape index (κ2) is 6.51. The lowest BCUT2D eigenvalue weighted by atomic mass is 10.1. The zero-order valence-corrected chi connectivity index (χ0v) is 11.6. The molecular formula is C15H16N4O2. The van der Waals surface area contributed by atoms with E-state index in [1.54, 1.807) is 18.3 Å². The highest BCUT2D eigenvalue weighted by molar-refractivity contribution is 5.98. The summed E-state index contributed by atoms with van der Waals surface area (Å²) in [6, 6.07) is 10.2. The lowest BCUT2D eigenvalue weighted by Gasteiger charge is -2.09. The fourth-order valence-electron chi connectivity index (χ4n) is 1.78. The van der Waals surface area contributed by atoms with Crippen LogP contribution in [-0.2, 0) is 11.3 Å². The Morgan fingerprint density at radius 3 is 2.67 bits per heavy atom. The van der Waals surface area contributed by atoms with Crippen LogP contribution in [0.2, 0.25) is 0 Å². The number of rotatable bonds is 4. The van der Waals surface area contributed by atoms with Crippen molar-refractivity contribution in [3.63, 3.8) is 0 Å². The Labute approximate surface area is 122 Å². The van der Waals surface area contributed by atoms with E-state index >= 15 is 0 Å². The van der Waals surface area contributed by atoms with Crippen molar-refractivity contribution in [2.45, 2.75) is 13.5 Å². The third-order valence-electron chi connectivity index (χ3n) is 2.78. The first kappa shape index (κ1) is 14.5. The normalized spacial score (nSPS) is 9.95. The van der Waals surface area contributed by atoms with Crippen LogP contribution in [0.15, 0.2) is 42.6 Å². The average molecular weight is 284 g/mol. The molecule has 0 atom stereocenters. The van der Waals surface area contributed by atoms with Crippen molar-refractivity contribution >= 4 is 23.2 Å². The zero-order valence-electron chi connectivity index (χ0n) is 11.6. The maximum atomic E-state index is 12.0. The summed E-state index contributed by atoms with van der Waals surface area (Å²) >= 11 is 0. The maximum Gasteiger partial charge on any atom is 0.251 e. The number of pyridine rings is 1. The lowest BCUT2D eigenvalue weighted by Crippen LogP contribution is -2.23. The Kier molecular flexibility index (Phi) is 4.50. The molecule has 108 valence electrons. The Balaban J connectivity index is 2.02. The Morgan fingerprint density at radius 2 is 2.05 bits per heavy atom. The van der Waals surface area contributed by atoms with Gasteiger partial charge < -0.3 is 16.4 Å². The van der Waals surface area contributed by atoms with Crippen molar-refractivity contribution in [2.75, 3.05) is 11.1 Å². The molecule has 21 heavy (non-hydrogen) atoms. The smallest absolute Gasteiger partial charge is 0.251 e. The molecule has 0 aliphatic carbocycles. The van der Waals surface area contributed by atoms with Gasteiger partial charge in [-0.15, -0.1) is 0 Å². The molecule has 0 unspecified atom stereocenters. The van der Waals surface area contributed by atoms with Crippen molar-refractivity contribution < 1.29 is 9.59 Å². The van der Waals surface area contributed by atoms with E-state index in [9.17, 15) is 9.59 Å². The minimum atomic E-state index is -0.248. The van der Waals surface area contributed by atoms with Crippen LogP contribution in [0.5, 0.6) is 0 Å². The highest BCUT2D eigenvalue weighted by Crippen LogP contribution is 2.19. The van der Waals surface area contributed by atoms with Crippen LogP contribution in [0.25, 0.3) is 0 Å². The first-order valence-electron chi connectivity index (χ1n) is 6.41. The van der Waals surface area contributed by atoms with Gasteiger partial charge in [0.1, 0.15) is 0 Å². The first-order valence-corrected chi connectivity index (χ1v) is 6.41. The van der Waals surface area contributed by atoms with Gasteiger partial charge in [-0.3, -0.25) is 14.6 Å². The fourth-order valence-corrected chi connectivity index (χ4v) is 1.78. The van der Waals surface area contributed by atoms with Crippen molar-refractivity contribution in [1.82, 2.24) is 10.3 Å². The number of hydrogen-bond acceptors (Lipinski definition) is 4. The number of nitrogens with two attached hydrogens (primary N) is 1. The van der Waals surface area contributed by atoms with Gasteiger partial charge in [-0.2, -0.15) is 0 Å². The number of aromatic nitrogens is 1. The van der Waals surface area contributed by atoms with Gasteiger partial charge in [0.2, 0.25) is 5.91 Å². The average Bonchev–Trinajstić information content (AvgIpc) is 2.47. The minimum Gasteiger partial charge on any atom is -0.397 e. The van der Waals surface area contributed by atoms with Crippen LogP contribution in [0, 0.1) is 0 Å². The van der Waals surface area contributed by atoms with Crippen molar-refractivity contribution in [2.24, 2.45) is 0 Å². The molecule has 0 fully saturated rings. The Morgan fingerprint density at radius 1 is 1.24 bits per heavy atom. The van der Waals surface area contributed by atoms with Crippen LogP contribution in [0.3, 0.4) is 0 Å². The molecule has 1 aromatic carbocycles. The molecule has 2 amide bonds. The summed E-state index contributed by atoms with van der Waals surface area (Å²) in [5, 5.41) is 5.35.